The Labute approximate surface area is 125 Å². The quantitative estimate of drug-likeness (QED) is 0.817. The zero-order chi connectivity index (χ0) is 14.1. The maximum Gasteiger partial charge on any atom is 0.313 e. The fourth-order valence-electron chi connectivity index (χ4n) is 1.58. The number of phenols is 1. The van der Waals surface area contributed by atoms with Gasteiger partial charge in [0, 0.05) is 11.6 Å². The average molecular weight is 357 g/mol. The van der Waals surface area contributed by atoms with E-state index in [2.05, 4.69) is 20.7 Å². The van der Waals surface area contributed by atoms with Gasteiger partial charge in [-0.1, -0.05) is 6.07 Å². The van der Waals surface area contributed by atoms with E-state index in [0.29, 0.717) is 0 Å². The number of esters is 1. The first-order valence-corrected chi connectivity index (χ1v) is 6.03. The summed E-state index contributed by atoms with van der Waals surface area (Å²) in [5, 5.41) is 9.73. The summed E-state index contributed by atoms with van der Waals surface area (Å²) in [6.07, 6.45) is 0. The van der Waals surface area contributed by atoms with Crippen molar-refractivity contribution in [2.24, 2.45) is 11.1 Å². The van der Waals surface area contributed by atoms with Crippen LogP contribution in [0.1, 0.15) is 25.5 Å². The zero-order valence-corrected chi connectivity index (χ0v) is 13.1. The Morgan fingerprint density at radius 3 is 2.53 bits per heavy atom. The van der Waals surface area contributed by atoms with Crippen molar-refractivity contribution in [3.63, 3.8) is 0 Å². The first-order valence-electron chi connectivity index (χ1n) is 5.24. The summed E-state index contributed by atoms with van der Waals surface area (Å²) in [5.74, 6) is -1.89. The highest BCUT2D eigenvalue weighted by Gasteiger charge is 2.38. The van der Waals surface area contributed by atoms with E-state index in [1.54, 1.807) is 13.8 Å². The lowest BCUT2D eigenvalue weighted by molar-refractivity contribution is -0.152. The summed E-state index contributed by atoms with van der Waals surface area (Å²) in [5.41, 5.74) is 5.01. The molecule has 0 saturated heterocycles. The third-order valence-electron chi connectivity index (χ3n) is 2.92. The summed E-state index contributed by atoms with van der Waals surface area (Å²) in [6, 6.07) is 2.02. The molecule has 0 amide bonds. The van der Waals surface area contributed by atoms with Crippen molar-refractivity contribution >= 4 is 34.3 Å². The second-order valence-electron chi connectivity index (χ2n) is 4.49. The van der Waals surface area contributed by atoms with Crippen LogP contribution in [-0.2, 0) is 9.53 Å². The highest BCUT2D eigenvalue weighted by molar-refractivity contribution is 9.10. The van der Waals surface area contributed by atoms with Gasteiger partial charge in [0.25, 0.3) is 0 Å². The molecule has 1 rings (SSSR count). The third-order valence-corrected chi connectivity index (χ3v) is 3.54. The highest BCUT2D eigenvalue weighted by atomic mass is 79.9. The predicted molar refractivity (Wildman–Crippen MR) is 75.7 cm³/mol. The molecule has 1 aromatic rings. The van der Waals surface area contributed by atoms with Gasteiger partial charge in [0.2, 0.25) is 0 Å². The number of rotatable bonds is 3. The second kappa shape index (κ2) is 6.54. The minimum absolute atomic E-state index is 0. The van der Waals surface area contributed by atoms with Gasteiger partial charge in [-0.3, -0.25) is 4.79 Å². The fraction of sp³-hybridized carbons (Fsp3) is 0.417. The number of methoxy groups -OCH3 is 1. The van der Waals surface area contributed by atoms with Crippen LogP contribution in [0.5, 0.6) is 5.75 Å². The molecule has 0 spiro atoms. The maximum atomic E-state index is 13.6. The number of hydrogen-bond donors (Lipinski definition) is 2. The summed E-state index contributed by atoms with van der Waals surface area (Å²) in [4.78, 5) is 11.6. The Kier molecular flexibility index (Phi) is 6.25. The van der Waals surface area contributed by atoms with Crippen molar-refractivity contribution < 1.29 is 19.0 Å². The number of carbonyl (C=O) groups excluding carboxylic acids is 1. The second-order valence-corrected chi connectivity index (χ2v) is 5.34. The van der Waals surface area contributed by atoms with Gasteiger partial charge in [-0.25, -0.2) is 4.39 Å². The van der Waals surface area contributed by atoms with Crippen molar-refractivity contribution in [2.75, 3.05) is 7.11 Å². The molecule has 108 valence electrons. The van der Waals surface area contributed by atoms with Crippen LogP contribution in [0.4, 0.5) is 4.39 Å². The van der Waals surface area contributed by atoms with E-state index in [1.807, 2.05) is 0 Å². The predicted octanol–water partition coefficient (Wildman–Crippen LogP) is 2.91. The summed E-state index contributed by atoms with van der Waals surface area (Å²) >= 11 is 2.95. The Hall–Kier alpha value is -0.850. The lowest BCUT2D eigenvalue weighted by atomic mass is 9.80. The Bertz CT molecular complexity index is 482. The molecular formula is C12H16BrClFNO3. The molecule has 0 unspecified atom stereocenters. The van der Waals surface area contributed by atoms with E-state index in [0.717, 1.165) is 0 Å². The van der Waals surface area contributed by atoms with Crippen LogP contribution < -0.4 is 5.73 Å². The van der Waals surface area contributed by atoms with Crippen molar-refractivity contribution in [3.8, 4) is 5.75 Å². The number of aromatic hydroxyl groups is 1. The van der Waals surface area contributed by atoms with Crippen LogP contribution in [-0.4, -0.2) is 18.2 Å². The normalized spacial score (nSPS) is 12.5. The molecule has 1 atom stereocenters. The molecule has 3 N–H and O–H groups in total. The van der Waals surface area contributed by atoms with Crippen molar-refractivity contribution in [2.45, 2.75) is 19.9 Å². The number of hydrogen-bond acceptors (Lipinski definition) is 4. The van der Waals surface area contributed by atoms with E-state index in [9.17, 15) is 14.3 Å². The smallest absolute Gasteiger partial charge is 0.313 e. The minimum atomic E-state index is -1.08. The molecule has 0 aliphatic rings. The Balaban J connectivity index is 0.00000324. The van der Waals surface area contributed by atoms with Gasteiger partial charge in [-0.2, -0.15) is 0 Å². The largest absolute Gasteiger partial charge is 0.505 e. The van der Waals surface area contributed by atoms with Crippen molar-refractivity contribution in [3.05, 3.63) is 28.0 Å². The molecule has 0 aliphatic carbocycles. The molecule has 0 aromatic heterocycles. The molecular weight excluding hydrogens is 340 g/mol. The van der Waals surface area contributed by atoms with Gasteiger partial charge in [0.1, 0.15) is 0 Å². The van der Waals surface area contributed by atoms with E-state index in [-0.39, 0.29) is 22.4 Å². The standard InChI is InChI=1S/C12H15BrFNO3.ClH/c1-12(2,11(17)18-3)10(15)6-4-5-7(13)8(14)9(6)16;/h4-5,10,16H,15H2,1-3H3;1H/t10-;/m0./s1. The molecule has 1 aromatic carbocycles. The van der Waals surface area contributed by atoms with Gasteiger partial charge < -0.3 is 15.6 Å². The van der Waals surface area contributed by atoms with E-state index in [1.165, 1.54) is 19.2 Å². The number of benzene rings is 1. The van der Waals surface area contributed by atoms with Crippen LogP contribution in [0.15, 0.2) is 16.6 Å². The van der Waals surface area contributed by atoms with Crippen LogP contribution >= 0.6 is 28.3 Å². The maximum absolute atomic E-state index is 13.6. The SMILES string of the molecule is COC(=O)C(C)(C)[C@@H](N)c1ccc(Br)c(F)c1O.Cl. The molecule has 0 bridgehead atoms. The first-order chi connectivity index (χ1) is 8.23. The molecule has 7 heteroatoms. The van der Waals surface area contributed by atoms with Crippen LogP contribution in [0.3, 0.4) is 0 Å². The zero-order valence-electron chi connectivity index (χ0n) is 10.7. The molecule has 0 heterocycles. The van der Waals surface area contributed by atoms with Crippen LogP contribution in [0, 0.1) is 11.2 Å². The molecule has 4 nitrogen and oxygen atoms in total. The summed E-state index contributed by atoms with van der Waals surface area (Å²) in [7, 11) is 1.25. The highest BCUT2D eigenvalue weighted by Crippen LogP contribution is 2.39. The molecule has 0 radical (unpaired) electrons. The Morgan fingerprint density at radius 1 is 1.53 bits per heavy atom. The third kappa shape index (κ3) is 3.38. The molecule has 0 fully saturated rings. The monoisotopic (exact) mass is 355 g/mol. The minimum Gasteiger partial charge on any atom is -0.505 e. The summed E-state index contributed by atoms with van der Waals surface area (Å²) < 4.78 is 18.3. The summed E-state index contributed by atoms with van der Waals surface area (Å²) in [6.45, 7) is 3.14. The van der Waals surface area contributed by atoms with E-state index < -0.39 is 29.0 Å². The fourth-order valence-corrected chi connectivity index (χ4v) is 1.90. The molecule has 0 saturated carbocycles. The lowest BCUT2D eigenvalue weighted by Gasteiger charge is -2.29. The topological polar surface area (TPSA) is 72.5 Å². The number of nitrogens with two attached hydrogens (primary N) is 1. The van der Waals surface area contributed by atoms with Gasteiger partial charge in [0.05, 0.1) is 17.0 Å². The van der Waals surface area contributed by atoms with Crippen molar-refractivity contribution in [1.29, 1.82) is 0 Å². The van der Waals surface area contributed by atoms with E-state index >= 15 is 0 Å². The van der Waals surface area contributed by atoms with Crippen LogP contribution in [0.25, 0.3) is 0 Å². The van der Waals surface area contributed by atoms with E-state index in [4.69, 9.17) is 5.73 Å². The van der Waals surface area contributed by atoms with Crippen LogP contribution in [0.2, 0.25) is 0 Å². The molecule has 19 heavy (non-hydrogen) atoms. The van der Waals surface area contributed by atoms with Gasteiger partial charge in [-0.05, 0) is 35.8 Å². The lowest BCUT2D eigenvalue weighted by Crippen LogP contribution is -2.37. The van der Waals surface area contributed by atoms with Gasteiger partial charge in [-0.15, -0.1) is 12.4 Å². The number of phenolic OH excluding ortho intramolecular Hbond substituents is 1. The van der Waals surface area contributed by atoms with Crippen molar-refractivity contribution in [1.82, 2.24) is 0 Å². The number of halogens is 3. The van der Waals surface area contributed by atoms with Gasteiger partial charge in [0.15, 0.2) is 11.6 Å². The average Bonchev–Trinajstić information content (AvgIpc) is 2.34. The van der Waals surface area contributed by atoms with Gasteiger partial charge >= 0.3 is 5.97 Å². The Morgan fingerprint density at radius 2 is 2.05 bits per heavy atom. The first kappa shape index (κ1) is 18.1. The number of ether oxygens (including phenoxy) is 1. The number of carbonyl (C=O) groups is 1. The molecule has 0 aliphatic heterocycles.